The Hall–Kier alpha value is -0.560. The summed E-state index contributed by atoms with van der Waals surface area (Å²) in [5.41, 5.74) is 0.193. The van der Waals surface area contributed by atoms with Crippen LogP contribution in [0, 0.1) is 11.3 Å². The molecule has 0 unspecified atom stereocenters. The second-order valence-electron chi connectivity index (χ2n) is 3.94. The highest BCUT2D eigenvalue weighted by molar-refractivity contribution is 4.93. The molecule has 13 heavy (non-hydrogen) atoms. The molecular weight excluding hydrogens is 160 g/mol. The summed E-state index contributed by atoms with van der Waals surface area (Å²) in [4.78, 5) is 0. The summed E-state index contributed by atoms with van der Waals surface area (Å²) in [7, 11) is 1.75. The highest BCUT2D eigenvalue weighted by Crippen LogP contribution is 2.36. The van der Waals surface area contributed by atoms with Crippen molar-refractivity contribution in [2.45, 2.75) is 26.7 Å². The summed E-state index contributed by atoms with van der Waals surface area (Å²) >= 11 is 0. The molecule has 0 aliphatic rings. The fourth-order valence-corrected chi connectivity index (χ4v) is 1.70. The summed E-state index contributed by atoms with van der Waals surface area (Å²) in [5.74, 6) is 0.587. The first-order valence-electron chi connectivity index (χ1n) is 4.83. The van der Waals surface area contributed by atoms with E-state index in [9.17, 15) is 0 Å². The molecule has 0 heterocycles. The van der Waals surface area contributed by atoms with Crippen molar-refractivity contribution in [3.63, 3.8) is 0 Å². The second-order valence-corrected chi connectivity index (χ2v) is 3.94. The summed E-state index contributed by atoms with van der Waals surface area (Å²) in [6.45, 7) is 12.8. The van der Waals surface area contributed by atoms with Crippen molar-refractivity contribution in [3.05, 3.63) is 25.3 Å². The molecule has 0 aromatic carbocycles. The van der Waals surface area contributed by atoms with Gasteiger partial charge in [-0.05, 0) is 18.8 Å². The molecule has 0 aromatic heterocycles. The van der Waals surface area contributed by atoms with Crippen molar-refractivity contribution in [3.8, 4) is 0 Å². The van der Waals surface area contributed by atoms with Crippen LogP contribution in [-0.4, -0.2) is 13.7 Å². The van der Waals surface area contributed by atoms with E-state index in [0.29, 0.717) is 5.92 Å². The van der Waals surface area contributed by atoms with E-state index in [1.165, 1.54) is 0 Å². The average Bonchev–Trinajstić information content (AvgIpc) is 2.05. The zero-order valence-corrected chi connectivity index (χ0v) is 9.18. The standard InChI is InChI=1S/C12H22O/c1-6-8-12(9-7-2,10-13-5)11(3)4/h6-7,11H,1-2,8-10H2,3-5H3. The van der Waals surface area contributed by atoms with Crippen LogP contribution in [0.4, 0.5) is 0 Å². The highest BCUT2D eigenvalue weighted by atomic mass is 16.5. The van der Waals surface area contributed by atoms with Gasteiger partial charge in [0.1, 0.15) is 0 Å². The van der Waals surface area contributed by atoms with Crippen LogP contribution in [0.3, 0.4) is 0 Å². The van der Waals surface area contributed by atoms with Crippen LogP contribution in [-0.2, 0) is 4.74 Å². The van der Waals surface area contributed by atoms with Crippen molar-refractivity contribution in [1.29, 1.82) is 0 Å². The van der Waals surface area contributed by atoms with E-state index in [4.69, 9.17) is 4.74 Å². The number of ether oxygens (including phenoxy) is 1. The van der Waals surface area contributed by atoms with Gasteiger partial charge < -0.3 is 4.74 Å². The van der Waals surface area contributed by atoms with Gasteiger partial charge in [0.2, 0.25) is 0 Å². The van der Waals surface area contributed by atoms with Crippen LogP contribution >= 0.6 is 0 Å². The lowest BCUT2D eigenvalue weighted by molar-refractivity contribution is 0.0469. The van der Waals surface area contributed by atoms with E-state index < -0.39 is 0 Å². The molecule has 0 atom stereocenters. The van der Waals surface area contributed by atoms with Crippen molar-refractivity contribution >= 4 is 0 Å². The molecule has 0 bridgehead atoms. The Morgan fingerprint density at radius 1 is 1.23 bits per heavy atom. The Labute approximate surface area is 82.5 Å². The number of allylic oxidation sites excluding steroid dienone is 2. The molecule has 0 saturated heterocycles. The molecule has 0 saturated carbocycles. The van der Waals surface area contributed by atoms with Gasteiger partial charge in [-0.15, -0.1) is 13.2 Å². The Kier molecular flexibility index (Phi) is 5.72. The summed E-state index contributed by atoms with van der Waals surface area (Å²) in [6, 6.07) is 0. The lowest BCUT2D eigenvalue weighted by atomic mass is 9.72. The fraction of sp³-hybridized carbons (Fsp3) is 0.667. The van der Waals surface area contributed by atoms with Crippen LogP contribution in [0.1, 0.15) is 26.7 Å². The third-order valence-corrected chi connectivity index (χ3v) is 2.76. The van der Waals surface area contributed by atoms with Crippen molar-refractivity contribution in [2.24, 2.45) is 11.3 Å². The lowest BCUT2D eigenvalue weighted by Gasteiger charge is -2.35. The summed E-state index contributed by atoms with van der Waals surface area (Å²) in [6.07, 6.45) is 5.93. The van der Waals surface area contributed by atoms with Gasteiger partial charge in [-0.2, -0.15) is 0 Å². The highest BCUT2D eigenvalue weighted by Gasteiger charge is 2.30. The lowest BCUT2D eigenvalue weighted by Crippen LogP contribution is -2.31. The molecule has 0 fully saturated rings. The van der Waals surface area contributed by atoms with E-state index >= 15 is 0 Å². The second kappa shape index (κ2) is 5.98. The molecule has 1 heteroatoms. The number of rotatable bonds is 7. The van der Waals surface area contributed by atoms with Gasteiger partial charge in [0, 0.05) is 12.5 Å². The molecule has 0 aliphatic heterocycles. The summed E-state index contributed by atoms with van der Waals surface area (Å²) in [5, 5.41) is 0. The predicted molar refractivity (Wildman–Crippen MR) is 58.8 cm³/mol. The topological polar surface area (TPSA) is 9.23 Å². The number of methoxy groups -OCH3 is 1. The molecule has 0 rings (SSSR count). The van der Waals surface area contributed by atoms with Gasteiger partial charge in [-0.3, -0.25) is 0 Å². The maximum atomic E-state index is 5.28. The third-order valence-electron chi connectivity index (χ3n) is 2.76. The number of hydrogen-bond acceptors (Lipinski definition) is 1. The molecule has 1 nitrogen and oxygen atoms in total. The SMILES string of the molecule is C=CCC(CC=C)(COC)C(C)C. The monoisotopic (exact) mass is 182 g/mol. The molecule has 76 valence electrons. The Bertz CT molecular complexity index is 149. The molecule has 0 amide bonds. The van der Waals surface area contributed by atoms with Crippen LogP contribution in [0.5, 0.6) is 0 Å². The van der Waals surface area contributed by atoms with Crippen molar-refractivity contribution in [2.75, 3.05) is 13.7 Å². The van der Waals surface area contributed by atoms with E-state index in [2.05, 4.69) is 27.0 Å². The summed E-state index contributed by atoms with van der Waals surface area (Å²) < 4.78 is 5.28. The van der Waals surface area contributed by atoms with Gasteiger partial charge in [0.05, 0.1) is 6.61 Å². The van der Waals surface area contributed by atoms with Crippen LogP contribution in [0.2, 0.25) is 0 Å². The fourth-order valence-electron chi connectivity index (χ4n) is 1.70. The number of hydrogen-bond donors (Lipinski definition) is 0. The molecule has 0 N–H and O–H groups in total. The van der Waals surface area contributed by atoms with Crippen molar-refractivity contribution in [1.82, 2.24) is 0 Å². The first-order valence-corrected chi connectivity index (χ1v) is 4.83. The molecule has 0 aliphatic carbocycles. The van der Waals surface area contributed by atoms with E-state index in [-0.39, 0.29) is 5.41 Å². The van der Waals surface area contributed by atoms with E-state index in [0.717, 1.165) is 19.4 Å². The van der Waals surface area contributed by atoms with Crippen molar-refractivity contribution < 1.29 is 4.74 Å². The maximum Gasteiger partial charge on any atom is 0.0527 e. The predicted octanol–water partition coefficient (Wildman–Crippen LogP) is 3.43. The minimum absolute atomic E-state index is 0.193. The average molecular weight is 182 g/mol. The Morgan fingerprint density at radius 2 is 1.69 bits per heavy atom. The largest absolute Gasteiger partial charge is 0.384 e. The minimum atomic E-state index is 0.193. The van der Waals surface area contributed by atoms with E-state index in [1.54, 1.807) is 7.11 Å². The zero-order valence-electron chi connectivity index (χ0n) is 9.18. The zero-order chi connectivity index (χ0) is 10.3. The quantitative estimate of drug-likeness (QED) is 0.548. The normalized spacial score (nSPS) is 11.7. The van der Waals surface area contributed by atoms with E-state index in [1.807, 2.05) is 12.2 Å². The van der Waals surface area contributed by atoms with Gasteiger partial charge in [-0.25, -0.2) is 0 Å². The smallest absolute Gasteiger partial charge is 0.0527 e. The maximum absolute atomic E-state index is 5.28. The molecule has 0 radical (unpaired) electrons. The Morgan fingerprint density at radius 3 is 1.92 bits per heavy atom. The molecule has 0 spiro atoms. The molecular formula is C12H22O. The Balaban J connectivity index is 4.56. The van der Waals surface area contributed by atoms with Gasteiger partial charge >= 0.3 is 0 Å². The first kappa shape index (κ1) is 12.4. The molecule has 0 aromatic rings. The first-order chi connectivity index (χ1) is 6.13. The van der Waals surface area contributed by atoms with Crippen LogP contribution in [0.15, 0.2) is 25.3 Å². The van der Waals surface area contributed by atoms with Crippen LogP contribution in [0.25, 0.3) is 0 Å². The van der Waals surface area contributed by atoms with Gasteiger partial charge in [0.15, 0.2) is 0 Å². The van der Waals surface area contributed by atoms with Gasteiger partial charge in [-0.1, -0.05) is 26.0 Å². The van der Waals surface area contributed by atoms with Crippen LogP contribution < -0.4 is 0 Å². The van der Waals surface area contributed by atoms with Gasteiger partial charge in [0.25, 0.3) is 0 Å². The third kappa shape index (κ3) is 3.35. The minimum Gasteiger partial charge on any atom is -0.384 e.